The minimum atomic E-state index is -0.454. The zero-order valence-electron chi connectivity index (χ0n) is 18.2. The molecule has 2 unspecified atom stereocenters. The highest BCUT2D eigenvalue weighted by Gasteiger charge is 2.28. The maximum atomic E-state index is 12.7. The highest BCUT2D eigenvalue weighted by molar-refractivity contribution is 5.82. The Morgan fingerprint density at radius 3 is 3.00 bits per heavy atom. The fourth-order valence-corrected chi connectivity index (χ4v) is 3.99. The number of hydrogen-bond acceptors (Lipinski definition) is 4. The number of allylic oxidation sites excluding steroid dienone is 5. The smallest absolute Gasteiger partial charge is 0.251 e. The van der Waals surface area contributed by atoms with E-state index in [1.807, 2.05) is 37.3 Å². The summed E-state index contributed by atoms with van der Waals surface area (Å²) in [5.41, 5.74) is 2.53. The predicted octanol–water partition coefficient (Wildman–Crippen LogP) is 2.92. The molecule has 2 aliphatic rings. The van der Waals surface area contributed by atoms with Gasteiger partial charge in [-0.05, 0) is 69.7 Å². The molecule has 1 aromatic heterocycles. The highest BCUT2D eigenvalue weighted by atomic mass is 16.3. The number of carbonyl (C=O) groups is 1. The van der Waals surface area contributed by atoms with Gasteiger partial charge in [-0.2, -0.15) is 0 Å². The van der Waals surface area contributed by atoms with Crippen molar-refractivity contribution >= 4 is 5.91 Å². The molecule has 0 saturated carbocycles. The summed E-state index contributed by atoms with van der Waals surface area (Å²) < 4.78 is 1.60. The van der Waals surface area contributed by atoms with E-state index in [4.69, 9.17) is 0 Å². The van der Waals surface area contributed by atoms with Gasteiger partial charge in [0.2, 0.25) is 5.91 Å². The maximum Gasteiger partial charge on any atom is 0.251 e. The molecule has 31 heavy (non-hydrogen) atoms. The molecule has 3 N–H and O–H groups in total. The van der Waals surface area contributed by atoms with E-state index in [0.29, 0.717) is 13.0 Å². The van der Waals surface area contributed by atoms with Crippen molar-refractivity contribution in [1.29, 1.82) is 0 Å². The van der Waals surface area contributed by atoms with Crippen molar-refractivity contribution in [2.75, 3.05) is 13.1 Å². The van der Waals surface area contributed by atoms with Crippen molar-refractivity contribution in [3.05, 3.63) is 82.0 Å². The molecule has 0 spiro atoms. The van der Waals surface area contributed by atoms with E-state index >= 15 is 0 Å². The van der Waals surface area contributed by atoms with Gasteiger partial charge in [0.15, 0.2) is 0 Å². The third-order valence-corrected chi connectivity index (χ3v) is 5.71. The maximum absolute atomic E-state index is 12.7. The Labute approximate surface area is 184 Å². The lowest BCUT2D eigenvalue weighted by molar-refractivity contribution is -0.123. The van der Waals surface area contributed by atoms with E-state index in [9.17, 15) is 14.7 Å². The number of unbranched alkanes of at least 4 members (excludes halogenated alkanes) is 1. The minimum absolute atomic E-state index is 0.124. The number of rotatable bonds is 10. The lowest BCUT2D eigenvalue weighted by Gasteiger charge is -2.15. The Hall–Kier alpha value is -2.70. The molecule has 6 nitrogen and oxygen atoms in total. The first-order chi connectivity index (χ1) is 15.1. The van der Waals surface area contributed by atoms with Gasteiger partial charge in [0.25, 0.3) is 5.56 Å². The van der Waals surface area contributed by atoms with Crippen LogP contribution in [0.4, 0.5) is 0 Å². The van der Waals surface area contributed by atoms with Crippen LogP contribution in [0.3, 0.4) is 0 Å². The number of aryl methyl sites for hydroxylation is 1. The molecule has 1 aliphatic heterocycles. The number of nitrogens with zero attached hydrogens (tertiary/aromatic N) is 1. The van der Waals surface area contributed by atoms with Gasteiger partial charge < -0.3 is 20.3 Å². The van der Waals surface area contributed by atoms with E-state index in [1.54, 1.807) is 10.6 Å². The number of amides is 1. The average Bonchev–Trinajstić information content (AvgIpc) is 3.23. The lowest BCUT2D eigenvalue weighted by atomic mass is 10.0. The van der Waals surface area contributed by atoms with Crippen molar-refractivity contribution < 1.29 is 9.90 Å². The lowest BCUT2D eigenvalue weighted by Crippen LogP contribution is -2.34. The first-order valence-corrected chi connectivity index (χ1v) is 11.2. The second-order valence-corrected chi connectivity index (χ2v) is 7.96. The Kier molecular flexibility index (Phi) is 8.62. The van der Waals surface area contributed by atoms with Crippen LogP contribution >= 0.6 is 0 Å². The largest absolute Gasteiger partial charge is 0.387 e. The quantitative estimate of drug-likeness (QED) is 0.399. The summed E-state index contributed by atoms with van der Waals surface area (Å²) in [6.07, 6.45) is 16.8. The van der Waals surface area contributed by atoms with Crippen LogP contribution in [0.5, 0.6) is 0 Å². The Morgan fingerprint density at radius 1 is 1.35 bits per heavy atom. The van der Waals surface area contributed by atoms with Gasteiger partial charge in [-0.3, -0.25) is 9.59 Å². The SMILES string of the molecule is C/C=C(\C=C/CCCNCC(O)C1=CCCC=C1)NC(=O)C1CCc2cccc(=O)n21. The number of nitrogens with one attached hydrogen (secondary N) is 2. The summed E-state index contributed by atoms with van der Waals surface area (Å²) in [6.45, 7) is 3.25. The average molecular weight is 424 g/mol. The first kappa shape index (κ1) is 23.0. The molecular formula is C25H33N3O3. The Bertz CT molecular complexity index is 940. The molecule has 1 amide bonds. The van der Waals surface area contributed by atoms with Crippen LogP contribution in [0, 0.1) is 0 Å². The van der Waals surface area contributed by atoms with Gasteiger partial charge in [-0.1, -0.05) is 36.4 Å². The summed E-state index contributed by atoms with van der Waals surface area (Å²) in [5.74, 6) is -0.147. The molecule has 0 radical (unpaired) electrons. The Balaban J connectivity index is 1.38. The molecule has 3 rings (SSSR count). The summed E-state index contributed by atoms with van der Waals surface area (Å²) in [4.78, 5) is 24.8. The molecular weight excluding hydrogens is 390 g/mol. The molecule has 6 heteroatoms. The molecule has 1 aliphatic carbocycles. The van der Waals surface area contributed by atoms with Crippen LogP contribution in [-0.2, 0) is 11.2 Å². The third kappa shape index (κ3) is 6.39. The molecule has 0 saturated heterocycles. The Morgan fingerprint density at radius 2 is 2.23 bits per heavy atom. The number of aromatic nitrogens is 1. The molecule has 2 atom stereocenters. The molecule has 2 heterocycles. The van der Waals surface area contributed by atoms with Crippen LogP contribution < -0.4 is 16.2 Å². The second-order valence-electron chi connectivity index (χ2n) is 7.96. The van der Waals surface area contributed by atoms with E-state index in [-0.39, 0.29) is 11.5 Å². The third-order valence-electron chi connectivity index (χ3n) is 5.71. The van der Waals surface area contributed by atoms with Crippen molar-refractivity contribution in [3.63, 3.8) is 0 Å². The van der Waals surface area contributed by atoms with Gasteiger partial charge in [-0.25, -0.2) is 0 Å². The van der Waals surface area contributed by atoms with E-state index in [0.717, 1.165) is 55.6 Å². The monoisotopic (exact) mass is 423 g/mol. The predicted molar refractivity (Wildman–Crippen MR) is 124 cm³/mol. The molecule has 1 aromatic rings. The number of aliphatic hydroxyl groups excluding tert-OH is 1. The van der Waals surface area contributed by atoms with Crippen molar-refractivity contribution in [1.82, 2.24) is 15.2 Å². The standard InChI is InChI=1S/C25H33N3O3/c1-2-20(27-25(31)22-16-15-21-13-9-14-24(30)28(21)22)12-7-4-8-17-26-18-23(29)19-10-5-3-6-11-19/h2,5,7,9-14,22-23,26,29H,3-4,6,8,15-18H2,1H3,(H,27,31)/b12-7-,20-2+. The summed E-state index contributed by atoms with van der Waals surface area (Å²) in [6, 6.07) is 4.70. The van der Waals surface area contributed by atoms with Gasteiger partial charge >= 0.3 is 0 Å². The van der Waals surface area contributed by atoms with Crippen LogP contribution in [0.25, 0.3) is 0 Å². The van der Waals surface area contributed by atoms with Gasteiger partial charge in [0, 0.05) is 24.0 Å². The molecule has 0 aromatic carbocycles. The van der Waals surface area contributed by atoms with Crippen molar-refractivity contribution in [2.24, 2.45) is 0 Å². The van der Waals surface area contributed by atoms with Gasteiger partial charge in [-0.15, -0.1) is 0 Å². The number of hydrogen-bond donors (Lipinski definition) is 3. The number of fused-ring (bicyclic) bond motifs is 1. The fraction of sp³-hybridized carbons (Fsp3) is 0.440. The van der Waals surface area contributed by atoms with Crippen LogP contribution in [0.1, 0.15) is 50.8 Å². The summed E-state index contributed by atoms with van der Waals surface area (Å²) in [7, 11) is 0. The normalized spacial score (nSPS) is 19.4. The van der Waals surface area contributed by atoms with Crippen molar-refractivity contribution in [3.8, 4) is 0 Å². The van der Waals surface area contributed by atoms with Crippen LogP contribution in [0.15, 0.2) is 70.7 Å². The van der Waals surface area contributed by atoms with E-state index in [1.165, 1.54) is 6.07 Å². The molecule has 0 bridgehead atoms. The second kappa shape index (κ2) is 11.6. The number of aliphatic hydroxyl groups is 1. The minimum Gasteiger partial charge on any atom is -0.387 e. The van der Waals surface area contributed by atoms with Gasteiger partial charge in [0.1, 0.15) is 6.04 Å². The molecule has 0 fully saturated rings. The highest BCUT2D eigenvalue weighted by Crippen LogP contribution is 2.23. The zero-order valence-corrected chi connectivity index (χ0v) is 18.2. The van der Waals surface area contributed by atoms with Crippen LogP contribution in [-0.4, -0.2) is 34.8 Å². The topological polar surface area (TPSA) is 83.4 Å². The zero-order chi connectivity index (χ0) is 22.1. The number of carbonyl (C=O) groups excluding carboxylic acids is 1. The first-order valence-electron chi connectivity index (χ1n) is 11.2. The number of pyridine rings is 1. The van der Waals surface area contributed by atoms with Crippen molar-refractivity contribution in [2.45, 2.75) is 57.6 Å². The summed E-state index contributed by atoms with van der Waals surface area (Å²) >= 11 is 0. The summed E-state index contributed by atoms with van der Waals surface area (Å²) in [5, 5.41) is 16.4. The fourth-order valence-electron chi connectivity index (χ4n) is 3.99. The molecule has 166 valence electrons. The van der Waals surface area contributed by atoms with E-state index < -0.39 is 12.1 Å². The van der Waals surface area contributed by atoms with E-state index in [2.05, 4.69) is 22.8 Å². The van der Waals surface area contributed by atoms with Crippen LogP contribution in [0.2, 0.25) is 0 Å². The van der Waals surface area contributed by atoms with Gasteiger partial charge in [0.05, 0.1) is 6.10 Å².